The number of carbonyl (C=O) groups is 1. The first-order valence-corrected chi connectivity index (χ1v) is 8.82. The van der Waals surface area contributed by atoms with Gasteiger partial charge < -0.3 is 14.9 Å². The van der Waals surface area contributed by atoms with Crippen LogP contribution < -0.4 is 0 Å². The summed E-state index contributed by atoms with van der Waals surface area (Å²) in [5.41, 5.74) is -0.188. The molecular formula is C14H16F4O6S. The number of phenols is 2. The Balaban J connectivity index is 2.50. The predicted octanol–water partition coefficient (Wildman–Crippen LogP) is 2.70. The van der Waals surface area contributed by atoms with E-state index in [2.05, 4.69) is 0 Å². The Labute approximate surface area is 141 Å². The van der Waals surface area contributed by atoms with Gasteiger partial charge in [0.1, 0.15) is 11.5 Å². The Hall–Kier alpha value is -2.04. The van der Waals surface area contributed by atoms with Crippen molar-refractivity contribution in [3.8, 4) is 11.5 Å². The molecule has 1 aromatic carbocycles. The molecule has 0 fully saturated rings. The van der Waals surface area contributed by atoms with E-state index in [1.165, 1.54) is 0 Å². The molecule has 0 bridgehead atoms. The highest BCUT2D eigenvalue weighted by molar-refractivity contribution is 7.91. The lowest BCUT2D eigenvalue weighted by Gasteiger charge is -2.24. The highest BCUT2D eigenvalue weighted by Crippen LogP contribution is 2.41. The van der Waals surface area contributed by atoms with E-state index < -0.39 is 57.9 Å². The lowest BCUT2D eigenvalue weighted by atomic mass is 10.1. The van der Waals surface area contributed by atoms with Crippen LogP contribution in [0.15, 0.2) is 18.2 Å². The van der Waals surface area contributed by atoms with Gasteiger partial charge in [0.2, 0.25) is 9.84 Å². The molecule has 142 valence electrons. The number of alkyl halides is 4. The average molecular weight is 388 g/mol. The van der Waals surface area contributed by atoms with Gasteiger partial charge in [0, 0.05) is 18.7 Å². The molecule has 0 saturated carbocycles. The van der Waals surface area contributed by atoms with Gasteiger partial charge in [0.15, 0.2) is 0 Å². The van der Waals surface area contributed by atoms with Crippen molar-refractivity contribution in [2.45, 2.75) is 30.4 Å². The van der Waals surface area contributed by atoms with Crippen LogP contribution in [-0.2, 0) is 14.6 Å². The third kappa shape index (κ3) is 5.21. The van der Waals surface area contributed by atoms with E-state index in [-0.39, 0.29) is 18.2 Å². The molecular weight excluding hydrogens is 372 g/mol. The number of phenolic OH excluding ortho intramolecular Hbond substituents is 2. The number of sulfone groups is 1. The second-order valence-corrected chi connectivity index (χ2v) is 7.38. The molecule has 0 atom stereocenters. The van der Waals surface area contributed by atoms with E-state index in [0.717, 1.165) is 18.2 Å². The van der Waals surface area contributed by atoms with E-state index in [4.69, 9.17) is 4.74 Å². The summed E-state index contributed by atoms with van der Waals surface area (Å²) in [6.45, 7) is -0.393. The molecule has 0 heterocycles. The number of hydrogen-bond donors (Lipinski definition) is 2. The first-order valence-electron chi connectivity index (χ1n) is 6.93. The molecule has 0 aromatic heterocycles. The maximum Gasteiger partial charge on any atom is 0.406 e. The molecule has 1 rings (SSSR count). The molecule has 0 amide bonds. The Morgan fingerprint density at radius 2 is 1.60 bits per heavy atom. The van der Waals surface area contributed by atoms with Crippen molar-refractivity contribution in [1.82, 2.24) is 0 Å². The third-order valence-electron chi connectivity index (χ3n) is 3.15. The largest absolute Gasteiger partial charge is 0.508 e. The minimum atomic E-state index is -5.28. The zero-order valence-electron chi connectivity index (χ0n) is 13.0. The van der Waals surface area contributed by atoms with E-state index in [9.17, 15) is 41.0 Å². The third-order valence-corrected chi connectivity index (χ3v) is 4.38. The lowest BCUT2D eigenvalue weighted by molar-refractivity contribution is -0.161. The number of esters is 1. The highest BCUT2D eigenvalue weighted by Gasteiger charge is 2.62. The molecule has 0 aliphatic carbocycles. The average Bonchev–Trinajstić information content (AvgIpc) is 2.44. The quantitative estimate of drug-likeness (QED) is 0.403. The van der Waals surface area contributed by atoms with Gasteiger partial charge in [-0.05, 0) is 25.0 Å². The van der Waals surface area contributed by atoms with Crippen LogP contribution in [0.1, 0.15) is 29.6 Å². The summed E-state index contributed by atoms with van der Waals surface area (Å²) < 4.78 is 79.2. The Morgan fingerprint density at radius 3 is 2.08 bits per heavy atom. The molecule has 0 aliphatic rings. The SMILES string of the molecule is CS(=O)(=O)C(F)(F)C(F)(F)CCCCOC(=O)c1cc(O)cc(O)c1. The van der Waals surface area contributed by atoms with Crippen molar-refractivity contribution in [2.75, 3.05) is 12.9 Å². The molecule has 0 unspecified atom stereocenters. The van der Waals surface area contributed by atoms with Crippen LogP contribution >= 0.6 is 0 Å². The smallest absolute Gasteiger partial charge is 0.406 e. The molecule has 6 nitrogen and oxygen atoms in total. The van der Waals surface area contributed by atoms with Gasteiger partial charge in [-0.2, -0.15) is 17.6 Å². The maximum absolute atomic E-state index is 13.3. The lowest BCUT2D eigenvalue weighted by Crippen LogP contribution is -2.46. The van der Waals surface area contributed by atoms with Crippen molar-refractivity contribution in [1.29, 1.82) is 0 Å². The van der Waals surface area contributed by atoms with Crippen LogP contribution in [-0.4, -0.2) is 48.6 Å². The standard InChI is InChI=1S/C14H16F4O6S/c1-25(22,23)14(17,18)13(15,16)4-2-3-5-24-12(21)9-6-10(19)8-11(20)7-9/h6-8,19-20H,2-5H2,1H3. The number of benzene rings is 1. The summed E-state index contributed by atoms with van der Waals surface area (Å²) in [6, 6.07) is 2.98. The summed E-state index contributed by atoms with van der Waals surface area (Å²) in [6.07, 6.45) is -2.12. The molecule has 11 heteroatoms. The fourth-order valence-corrected chi connectivity index (χ4v) is 2.47. The van der Waals surface area contributed by atoms with Gasteiger partial charge in [0.25, 0.3) is 0 Å². The van der Waals surface area contributed by atoms with E-state index in [1.54, 1.807) is 0 Å². The summed E-state index contributed by atoms with van der Waals surface area (Å²) in [5, 5.41) is 13.2. The number of halogens is 4. The molecule has 0 spiro atoms. The van der Waals surface area contributed by atoms with Gasteiger partial charge in [-0.25, -0.2) is 13.2 Å². The van der Waals surface area contributed by atoms with Gasteiger partial charge in [0.05, 0.1) is 12.2 Å². The first-order chi connectivity index (χ1) is 11.3. The molecule has 25 heavy (non-hydrogen) atoms. The Morgan fingerprint density at radius 1 is 1.08 bits per heavy atom. The summed E-state index contributed by atoms with van der Waals surface area (Å²) in [7, 11) is -5.28. The number of aromatic hydroxyl groups is 2. The van der Waals surface area contributed by atoms with Crippen LogP contribution in [0, 0.1) is 0 Å². The normalized spacial score (nSPS) is 12.8. The van der Waals surface area contributed by atoms with Gasteiger partial charge in [-0.3, -0.25) is 0 Å². The molecule has 0 saturated heterocycles. The Kier molecular flexibility index (Phi) is 6.27. The van der Waals surface area contributed by atoms with Crippen molar-refractivity contribution >= 4 is 15.8 Å². The van der Waals surface area contributed by atoms with Crippen molar-refractivity contribution in [2.24, 2.45) is 0 Å². The van der Waals surface area contributed by atoms with Crippen molar-refractivity contribution in [3.05, 3.63) is 23.8 Å². The summed E-state index contributed by atoms with van der Waals surface area (Å²) >= 11 is 0. The monoisotopic (exact) mass is 388 g/mol. The first kappa shape index (κ1) is 21.0. The molecule has 0 aliphatic heterocycles. The minimum Gasteiger partial charge on any atom is -0.508 e. The number of rotatable bonds is 8. The van der Waals surface area contributed by atoms with Gasteiger partial charge in [-0.1, -0.05) is 0 Å². The highest BCUT2D eigenvalue weighted by atomic mass is 32.2. The zero-order chi connectivity index (χ0) is 19.5. The van der Waals surface area contributed by atoms with Crippen molar-refractivity contribution in [3.63, 3.8) is 0 Å². The number of hydrogen-bond acceptors (Lipinski definition) is 6. The fourth-order valence-electron chi connectivity index (χ4n) is 1.83. The van der Waals surface area contributed by atoms with Crippen molar-refractivity contribution < 1.29 is 45.7 Å². The van der Waals surface area contributed by atoms with E-state index >= 15 is 0 Å². The summed E-state index contributed by atoms with van der Waals surface area (Å²) in [4.78, 5) is 11.6. The second-order valence-electron chi connectivity index (χ2n) is 5.32. The predicted molar refractivity (Wildman–Crippen MR) is 78.6 cm³/mol. The van der Waals surface area contributed by atoms with Gasteiger partial charge >= 0.3 is 17.1 Å². The maximum atomic E-state index is 13.3. The molecule has 1 aromatic rings. The van der Waals surface area contributed by atoms with Crippen LogP contribution in [0.3, 0.4) is 0 Å². The zero-order valence-corrected chi connectivity index (χ0v) is 13.8. The number of carbonyl (C=O) groups excluding carboxylic acids is 1. The molecule has 0 radical (unpaired) electrons. The van der Waals surface area contributed by atoms with Crippen LogP contribution in [0.2, 0.25) is 0 Å². The topological polar surface area (TPSA) is 101 Å². The minimum absolute atomic E-state index is 0.0212. The summed E-state index contributed by atoms with van der Waals surface area (Å²) in [5.74, 6) is -6.50. The van der Waals surface area contributed by atoms with Crippen LogP contribution in [0.5, 0.6) is 11.5 Å². The number of unbranched alkanes of at least 4 members (excludes halogenated alkanes) is 1. The van der Waals surface area contributed by atoms with Gasteiger partial charge in [-0.15, -0.1) is 0 Å². The fraction of sp³-hybridized carbons (Fsp3) is 0.500. The van der Waals surface area contributed by atoms with Crippen LogP contribution in [0.4, 0.5) is 17.6 Å². The van der Waals surface area contributed by atoms with Crippen LogP contribution in [0.25, 0.3) is 0 Å². The second kappa shape index (κ2) is 7.46. The van der Waals surface area contributed by atoms with E-state index in [0.29, 0.717) is 0 Å². The molecule has 2 N–H and O–H groups in total. The number of ether oxygens (including phenoxy) is 1. The van der Waals surface area contributed by atoms with E-state index in [1.807, 2.05) is 0 Å². The Bertz CT molecular complexity index is 713.